The van der Waals surface area contributed by atoms with Crippen molar-refractivity contribution < 1.29 is 9.26 Å². The number of benzene rings is 1. The summed E-state index contributed by atoms with van der Waals surface area (Å²) in [6.45, 7) is 4.64. The van der Waals surface area contributed by atoms with Crippen molar-refractivity contribution in [1.29, 1.82) is 0 Å². The molecule has 0 atom stereocenters. The number of rotatable bonds is 7. The molecule has 4 heterocycles. The summed E-state index contributed by atoms with van der Waals surface area (Å²) in [5.41, 5.74) is 1.16. The van der Waals surface area contributed by atoms with E-state index in [1.807, 2.05) is 25.3 Å². The summed E-state index contributed by atoms with van der Waals surface area (Å²) in [6, 6.07) is 12.7. The molecule has 3 aromatic heterocycles. The molecule has 0 spiro atoms. The molecule has 1 aliphatic rings. The molecule has 0 aliphatic carbocycles. The second-order valence-corrected chi connectivity index (χ2v) is 8.89. The molecule has 0 radical (unpaired) electrons. The van der Waals surface area contributed by atoms with Crippen LogP contribution in [0, 0.1) is 0 Å². The lowest BCUT2D eigenvalue weighted by Crippen LogP contribution is -2.37. The van der Waals surface area contributed by atoms with Gasteiger partial charge in [-0.2, -0.15) is 4.98 Å². The summed E-state index contributed by atoms with van der Waals surface area (Å²) in [5, 5.41) is 5.19. The molecule has 166 valence electrons. The van der Waals surface area contributed by atoms with Crippen molar-refractivity contribution in [3.8, 4) is 11.6 Å². The molecule has 4 aromatic rings. The van der Waals surface area contributed by atoms with Gasteiger partial charge in [-0.3, -0.25) is 4.90 Å². The van der Waals surface area contributed by atoms with Crippen LogP contribution >= 0.6 is 11.8 Å². The third-order valence-corrected chi connectivity index (χ3v) is 6.61. The van der Waals surface area contributed by atoms with E-state index in [-0.39, 0.29) is 6.10 Å². The standard InChI is InChI=1S/C24H27N5O2S/c1-3-22-26-24(31-27-22)16-28-11-9-18(10-12-28)30-19-4-7-23(25-15-19)29-13-8-17-14-20(32-2)5-6-21(17)29/h4-8,13-15,18H,3,9-12,16H2,1-2H3. The normalized spacial score (nSPS) is 15.4. The van der Waals surface area contributed by atoms with E-state index in [1.54, 1.807) is 11.8 Å². The summed E-state index contributed by atoms with van der Waals surface area (Å²) in [4.78, 5) is 12.7. The van der Waals surface area contributed by atoms with E-state index in [4.69, 9.17) is 9.26 Å². The maximum Gasteiger partial charge on any atom is 0.240 e. The number of thioether (sulfide) groups is 1. The predicted molar refractivity (Wildman–Crippen MR) is 125 cm³/mol. The number of hydrogen-bond donors (Lipinski definition) is 0. The van der Waals surface area contributed by atoms with Crippen molar-refractivity contribution in [2.45, 2.75) is 43.7 Å². The Morgan fingerprint density at radius 2 is 2.03 bits per heavy atom. The van der Waals surface area contributed by atoms with E-state index in [0.29, 0.717) is 12.4 Å². The summed E-state index contributed by atoms with van der Waals surface area (Å²) in [6.07, 6.45) is 8.93. The van der Waals surface area contributed by atoms with Crippen LogP contribution in [-0.4, -0.2) is 50.0 Å². The molecule has 5 rings (SSSR count). The van der Waals surface area contributed by atoms with Gasteiger partial charge in [-0.1, -0.05) is 12.1 Å². The van der Waals surface area contributed by atoms with Crippen molar-refractivity contribution in [2.75, 3.05) is 19.3 Å². The average molecular weight is 450 g/mol. The lowest BCUT2D eigenvalue weighted by atomic mass is 10.1. The van der Waals surface area contributed by atoms with E-state index in [2.05, 4.69) is 61.3 Å². The van der Waals surface area contributed by atoms with Crippen molar-refractivity contribution in [2.24, 2.45) is 0 Å². The number of likely N-dealkylation sites (tertiary alicyclic amines) is 1. The zero-order valence-electron chi connectivity index (χ0n) is 18.4. The van der Waals surface area contributed by atoms with Gasteiger partial charge < -0.3 is 13.8 Å². The molecule has 0 amide bonds. The van der Waals surface area contributed by atoms with Crippen molar-refractivity contribution in [1.82, 2.24) is 24.6 Å². The highest BCUT2D eigenvalue weighted by Crippen LogP contribution is 2.26. The second kappa shape index (κ2) is 9.34. The van der Waals surface area contributed by atoms with Gasteiger partial charge in [0.15, 0.2) is 5.82 Å². The number of pyridine rings is 1. The van der Waals surface area contributed by atoms with Crippen LogP contribution in [0.1, 0.15) is 31.5 Å². The third kappa shape index (κ3) is 4.52. The fourth-order valence-corrected chi connectivity index (χ4v) is 4.55. The van der Waals surface area contributed by atoms with Crippen LogP contribution < -0.4 is 4.74 Å². The van der Waals surface area contributed by atoms with Gasteiger partial charge >= 0.3 is 0 Å². The molecule has 32 heavy (non-hydrogen) atoms. The topological polar surface area (TPSA) is 69.2 Å². The minimum atomic E-state index is 0.199. The fraction of sp³-hybridized carbons (Fsp3) is 0.375. The number of aromatic nitrogens is 4. The number of piperidine rings is 1. The molecular weight excluding hydrogens is 422 g/mol. The number of ether oxygens (including phenoxy) is 1. The third-order valence-electron chi connectivity index (χ3n) is 5.89. The number of aryl methyl sites for hydroxylation is 1. The van der Waals surface area contributed by atoms with Gasteiger partial charge in [-0.15, -0.1) is 11.8 Å². The summed E-state index contributed by atoms with van der Waals surface area (Å²) in [5.74, 6) is 3.18. The lowest BCUT2D eigenvalue weighted by molar-refractivity contribution is 0.0901. The molecule has 0 bridgehead atoms. The van der Waals surface area contributed by atoms with Crippen LogP contribution in [0.5, 0.6) is 5.75 Å². The SMILES string of the molecule is CCc1noc(CN2CCC(Oc3ccc(-n4ccc5cc(SC)ccc54)nc3)CC2)n1. The minimum absolute atomic E-state index is 0.199. The van der Waals surface area contributed by atoms with Crippen LogP contribution in [-0.2, 0) is 13.0 Å². The monoisotopic (exact) mass is 449 g/mol. The molecular formula is C24H27N5O2S. The molecule has 0 saturated carbocycles. The fourth-order valence-electron chi connectivity index (χ4n) is 4.10. The number of nitrogens with zero attached hydrogens (tertiary/aromatic N) is 5. The smallest absolute Gasteiger partial charge is 0.240 e. The predicted octanol–water partition coefficient (Wildman–Crippen LogP) is 4.74. The Hall–Kier alpha value is -2.84. The highest BCUT2D eigenvalue weighted by molar-refractivity contribution is 7.98. The molecule has 0 N–H and O–H groups in total. The van der Waals surface area contributed by atoms with Gasteiger partial charge in [0, 0.05) is 36.0 Å². The Kier molecular flexibility index (Phi) is 6.14. The zero-order chi connectivity index (χ0) is 21.9. The zero-order valence-corrected chi connectivity index (χ0v) is 19.2. The first kappa shape index (κ1) is 21.0. The van der Waals surface area contributed by atoms with Crippen molar-refractivity contribution >= 4 is 22.7 Å². The maximum absolute atomic E-state index is 6.21. The van der Waals surface area contributed by atoms with Gasteiger partial charge in [0.2, 0.25) is 5.89 Å². The number of fused-ring (bicyclic) bond motifs is 1. The quantitative estimate of drug-likeness (QED) is 0.378. The van der Waals surface area contributed by atoms with Crippen LogP contribution in [0.25, 0.3) is 16.7 Å². The number of hydrogen-bond acceptors (Lipinski definition) is 7. The molecule has 7 nitrogen and oxygen atoms in total. The van der Waals surface area contributed by atoms with Crippen LogP contribution in [0.15, 0.2) is 58.2 Å². The molecule has 1 aliphatic heterocycles. The van der Waals surface area contributed by atoms with E-state index >= 15 is 0 Å². The molecule has 8 heteroatoms. The van der Waals surface area contributed by atoms with Crippen LogP contribution in [0.2, 0.25) is 0 Å². The van der Waals surface area contributed by atoms with Gasteiger partial charge in [0.05, 0.1) is 18.3 Å². The van der Waals surface area contributed by atoms with Gasteiger partial charge in [-0.25, -0.2) is 4.98 Å². The van der Waals surface area contributed by atoms with E-state index < -0.39 is 0 Å². The lowest BCUT2D eigenvalue weighted by Gasteiger charge is -2.31. The molecule has 1 aromatic carbocycles. The molecule has 1 fully saturated rings. The summed E-state index contributed by atoms with van der Waals surface area (Å²) < 4.78 is 13.6. The highest BCUT2D eigenvalue weighted by atomic mass is 32.2. The Morgan fingerprint density at radius 3 is 2.75 bits per heavy atom. The van der Waals surface area contributed by atoms with Gasteiger partial charge in [-0.05, 0) is 55.5 Å². The van der Waals surface area contributed by atoms with E-state index in [0.717, 1.165) is 55.3 Å². The molecule has 1 saturated heterocycles. The van der Waals surface area contributed by atoms with Crippen molar-refractivity contribution in [3.63, 3.8) is 0 Å². The average Bonchev–Trinajstić information content (AvgIpc) is 3.47. The Balaban J connectivity index is 1.18. The van der Waals surface area contributed by atoms with Gasteiger partial charge in [0.25, 0.3) is 0 Å². The second-order valence-electron chi connectivity index (χ2n) is 8.01. The van der Waals surface area contributed by atoms with E-state index in [9.17, 15) is 0 Å². The Labute approximate surface area is 191 Å². The van der Waals surface area contributed by atoms with Crippen molar-refractivity contribution in [3.05, 3.63) is 60.5 Å². The maximum atomic E-state index is 6.21. The largest absolute Gasteiger partial charge is 0.489 e. The minimum Gasteiger partial charge on any atom is -0.489 e. The molecule has 0 unspecified atom stereocenters. The first-order valence-electron chi connectivity index (χ1n) is 11.0. The summed E-state index contributed by atoms with van der Waals surface area (Å²) >= 11 is 1.75. The van der Waals surface area contributed by atoms with Crippen LogP contribution in [0.4, 0.5) is 0 Å². The first-order valence-corrected chi connectivity index (χ1v) is 12.3. The summed E-state index contributed by atoms with van der Waals surface area (Å²) in [7, 11) is 0. The van der Waals surface area contributed by atoms with Crippen LogP contribution in [0.3, 0.4) is 0 Å². The Morgan fingerprint density at radius 1 is 1.16 bits per heavy atom. The highest BCUT2D eigenvalue weighted by Gasteiger charge is 2.22. The first-order chi connectivity index (χ1) is 15.7. The Bertz CT molecular complexity index is 1180. The van der Waals surface area contributed by atoms with Gasteiger partial charge in [0.1, 0.15) is 17.7 Å². The van der Waals surface area contributed by atoms with E-state index in [1.165, 1.54) is 10.3 Å².